The quantitative estimate of drug-likeness (QED) is 0.783. The lowest BCUT2D eigenvalue weighted by Gasteiger charge is -2.36. The molecule has 126 valence electrons. The average Bonchev–Trinajstić information content (AvgIpc) is 2.67. The number of para-hydroxylation sites is 2. The van der Waals surface area contributed by atoms with Gasteiger partial charge in [-0.3, -0.25) is 9.78 Å². The van der Waals surface area contributed by atoms with Gasteiger partial charge in [-0.15, -0.1) is 0 Å². The standard InChI is InChI=1S/C20H19N3O2/c24-19-8-4-3-7-18(19)22-9-11-23(12-10-22)20(25)17-14-21-13-15-5-1-2-6-16(15)17/h1-8,13-14,24H,9-12H2. The van der Waals surface area contributed by atoms with Gasteiger partial charge < -0.3 is 14.9 Å². The smallest absolute Gasteiger partial charge is 0.256 e. The van der Waals surface area contributed by atoms with Gasteiger partial charge in [0.15, 0.2) is 0 Å². The molecule has 1 amide bonds. The lowest BCUT2D eigenvalue weighted by Crippen LogP contribution is -2.48. The summed E-state index contributed by atoms with van der Waals surface area (Å²) in [5.41, 5.74) is 1.47. The number of pyridine rings is 1. The molecule has 0 unspecified atom stereocenters. The van der Waals surface area contributed by atoms with Crippen LogP contribution >= 0.6 is 0 Å². The molecule has 25 heavy (non-hydrogen) atoms. The first-order chi connectivity index (χ1) is 12.2. The maximum Gasteiger partial charge on any atom is 0.256 e. The first kappa shape index (κ1) is 15.4. The zero-order valence-corrected chi connectivity index (χ0v) is 13.8. The molecule has 5 heteroatoms. The highest BCUT2D eigenvalue weighted by Gasteiger charge is 2.24. The summed E-state index contributed by atoms with van der Waals surface area (Å²) in [4.78, 5) is 21.1. The minimum absolute atomic E-state index is 0.0150. The first-order valence-corrected chi connectivity index (χ1v) is 8.39. The Morgan fingerprint density at radius 1 is 0.920 bits per heavy atom. The Hall–Kier alpha value is -3.08. The van der Waals surface area contributed by atoms with Gasteiger partial charge in [0.05, 0.1) is 11.3 Å². The number of aromatic nitrogens is 1. The van der Waals surface area contributed by atoms with Crippen LogP contribution in [0.2, 0.25) is 0 Å². The van der Waals surface area contributed by atoms with Gasteiger partial charge in [0.25, 0.3) is 5.91 Å². The maximum absolute atomic E-state index is 12.9. The minimum Gasteiger partial charge on any atom is -0.506 e. The summed E-state index contributed by atoms with van der Waals surface area (Å²) in [5.74, 6) is 0.293. The largest absolute Gasteiger partial charge is 0.506 e. The van der Waals surface area contributed by atoms with Crippen molar-refractivity contribution in [3.8, 4) is 5.75 Å². The molecule has 0 aliphatic carbocycles. The van der Waals surface area contributed by atoms with Crippen molar-refractivity contribution in [3.63, 3.8) is 0 Å². The highest BCUT2D eigenvalue weighted by Crippen LogP contribution is 2.27. The van der Waals surface area contributed by atoms with E-state index in [9.17, 15) is 9.90 Å². The second-order valence-corrected chi connectivity index (χ2v) is 6.18. The van der Waals surface area contributed by atoms with E-state index in [1.54, 1.807) is 18.5 Å². The van der Waals surface area contributed by atoms with Gasteiger partial charge in [-0.05, 0) is 17.5 Å². The molecule has 0 saturated carbocycles. The summed E-state index contributed by atoms with van der Waals surface area (Å²) in [6.07, 6.45) is 3.43. The topological polar surface area (TPSA) is 56.7 Å². The minimum atomic E-state index is 0.0150. The van der Waals surface area contributed by atoms with Crippen LogP contribution in [0.5, 0.6) is 5.75 Å². The monoisotopic (exact) mass is 333 g/mol. The Bertz CT molecular complexity index is 912. The Morgan fingerprint density at radius 2 is 1.64 bits per heavy atom. The number of fused-ring (bicyclic) bond motifs is 1. The van der Waals surface area contributed by atoms with Crippen molar-refractivity contribution in [2.24, 2.45) is 0 Å². The number of nitrogens with zero attached hydrogens (tertiary/aromatic N) is 3. The van der Waals surface area contributed by atoms with E-state index in [-0.39, 0.29) is 11.7 Å². The number of phenolic OH excluding ortho intramolecular Hbond substituents is 1. The van der Waals surface area contributed by atoms with E-state index in [0.717, 1.165) is 16.5 Å². The number of phenols is 1. The van der Waals surface area contributed by atoms with Crippen molar-refractivity contribution in [2.45, 2.75) is 0 Å². The molecule has 5 nitrogen and oxygen atoms in total. The van der Waals surface area contributed by atoms with Crippen LogP contribution in [-0.4, -0.2) is 47.1 Å². The number of carbonyl (C=O) groups excluding carboxylic acids is 1. The molecule has 1 aliphatic heterocycles. The van der Waals surface area contributed by atoms with Gasteiger partial charge in [-0.25, -0.2) is 0 Å². The molecule has 0 radical (unpaired) electrons. The number of aromatic hydroxyl groups is 1. The number of amides is 1. The lowest BCUT2D eigenvalue weighted by atomic mass is 10.1. The molecule has 1 N–H and O–H groups in total. The van der Waals surface area contributed by atoms with Crippen LogP contribution in [0.15, 0.2) is 60.9 Å². The molecule has 0 bridgehead atoms. The van der Waals surface area contributed by atoms with Crippen molar-refractivity contribution in [2.75, 3.05) is 31.1 Å². The van der Waals surface area contributed by atoms with E-state index in [1.807, 2.05) is 47.4 Å². The number of benzene rings is 2. The molecule has 1 aromatic heterocycles. The Kier molecular flexibility index (Phi) is 3.98. The first-order valence-electron chi connectivity index (χ1n) is 8.39. The number of carbonyl (C=O) groups is 1. The van der Waals surface area contributed by atoms with E-state index >= 15 is 0 Å². The molecule has 1 saturated heterocycles. The average molecular weight is 333 g/mol. The van der Waals surface area contributed by atoms with E-state index in [4.69, 9.17) is 0 Å². The number of rotatable bonds is 2. The van der Waals surface area contributed by atoms with Gasteiger partial charge in [-0.2, -0.15) is 0 Å². The van der Waals surface area contributed by atoms with E-state index in [2.05, 4.69) is 9.88 Å². The molecule has 1 aliphatic rings. The molecule has 4 rings (SSSR count). The maximum atomic E-state index is 12.9. The fourth-order valence-electron chi connectivity index (χ4n) is 3.34. The van der Waals surface area contributed by atoms with Crippen LogP contribution in [0.4, 0.5) is 5.69 Å². The van der Waals surface area contributed by atoms with Crippen molar-refractivity contribution >= 4 is 22.4 Å². The molecule has 3 aromatic rings. The van der Waals surface area contributed by atoms with Gasteiger partial charge >= 0.3 is 0 Å². The predicted octanol–water partition coefficient (Wildman–Crippen LogP) is 2.90. The summed E-state index contributed by atoms with van der Waals surface area (Å²) in [5, 5.41) is 11.9. The van der Waals surface area contributed by atoms with Crippen molar-refractivity contribution in [1.29, 1.82) is 0 Å². The molecular weight excluding hydrogens is 314 g/mol. The third-order valence-corrected chi connectivity index (χ3v) is 4.69. The predicted molar refractivity (Wildman–Crippen MR) is 98.0 cm³/mol. The Labute approximate surface area is 146 Å². The number of anilines is 1. The zero-order valence-electron chi connectivity index (χ0n) is 13.8. The van der Waals surface area contributed by atoms with E-state index < -0.39 is 0 Å². The van der Waals surface area contributed by atoms with Gasteiger partial charge in [-0.1, -0.05) is 36.4 Å². The van der Waals surface area contributed by atoms with Crippen LogP contribution in [0.1, 0.15) is 10.4 Å². The fraction of sp³-hybridized carbons (Fsp3) is 0.200. The normalized spacial score (nSPS) is 14.7. The van der Waals surface area contributed by atoms with Crippen LogP contribution in [0, 0.1) is 0 Å². The van der Waals surface area contributed by atoms with Crippen LogP contribution < -0.4 is 4.90 Å². The van der Waals surface area contributed by atoms with Crippen LogP contribution in [0.25, 0.3) is 10.8 Å². The second kappa shape index (κ2) is 6.43. The third-order valence-electron chi connectivity index (χ3n) is 4.69. The summed E-state index contributed by atoms with van der Waals surface area (Å²) in [6.45, 7) is 2.63. The van der Waals surface area contributed by atoms with E-state index in [0.29, 0.717) is 31.7 Å². The second-order valence-electron chi connectivity index (χ2n) is 6.18. The zero-order chi connectivity index (χ0) is 17.2. The van der Waals surface area contributed by atoms with Crippen molar-refractivity contribution in [1.82, 2.24) is 9.88 Å². The number of hydrogen-bond acceptors (Lipinski definition) is 4. The highest BCUT2D eigenvalue weighted by molar-refractivity contribution is 6.06. The highest BCUT2D eigenvalue weighted by atomic mass is 16.3. The van der Waals surface area contributed by atoms with Gasteiger partial charge in [0, 0.05) is 44.0 Å². The third kappa shape index (κ3) is 2.89. The van der Waals surface area contributed by atoms with E-state index in [1.165, 1.54) is 0 Å². The van der Waals surface area contributed by atoms with Crippen LogP contribution in [0.3, 0.4) is 0 Å². The molecule has 2 aromatic carbocycles. The SMILES string of the molecule is O=C(c1cncc2ccccc12)N1CCN(c2ccccc2O)CC1. The van der Waals surface area contributed by atoms with Gasteiger partial charge in [0.2, 0.25) is 0 Å². The molecule has 0 spiro atoms. The summed E-state index contributed by atoms with van der Waals surface area (Å²) >= 11 is 0. The Morgan fingerprint density at radius 3 is 2.44 bits per heavy atom. The summed E-state index contributed by atoms with van der Waals surface area (Å²) in [6, 6.07) is 15.1. The lowest BCUT2D eigenvalue weighted by molar-refractivity contribution is 0.0748. The van der Waals surface area contributed by atoms with Crippen LogP contribution in [-0.2, 0) is 0 Å². The molecular formula is C20H19N3O2. The Balaban J connectivity index is 1.52. The van der Waals surface area contributed by atoms with Crippen molar-refractivity contribution < 1.29 is 9.90 Å². The number of piperazine rings is 1. The van der Waals surface area contributed by atoms with Gasteiger partial charge in [0.1, 0.15) is 5.75 Å². The number of hydrogen-bond donors (Lipinski definition) is 1. The molecule has 2 heterocycles. The van der Waals surface area contributed by atoms with Crippen molar-refractivity contribution in [3.05, 3.63) is 66.5 Å². The summed E-state index contributed by atoms with van der Waals surface area (Å²) < 4.78 is 0. The summed E-state index contributed by atoms with van der Waals surface area (Å²) in [7, 11) is 0. The molecule has 1 fully saturated rings. The molecule has 0 atom stereocenters. The fourth-order valence-corrected chi connectivity index (χ4v) is 3.34.